The number of nitriles is 3. The summed E-state index contributed by atoms with van der Waals surface area (Å²) in [6.07, 6.45) is 0. The molecular weight excluding hydrogens is 943 g/mol. The minimum absolute atomic E-state index is 0.535. The first kappa shape index (κ1) is 44.3. The van der Waals surface area contributed by atoms with Crippen LogP contribution in [0.2, 0.25) is 0 Å². The summed E-state index contributed by atoms with van der Waals surface area (Å²) in [5.74, 6) is 0.535. The molecule has 0 bridgehead atoms. The topological polar surface area (TPSA) is 116 Å². The Morgan fingerprint density at radius 3 is 1.22 bits per heavy atom. The minimum Gasteiger partial charge on any atom is -0.309 e. The average Bonchev–Trinajstić information content (AvgIpc) is 4.28. The van der Waals surface area contributed by atoms with Gasteiger partial charge in [-0.1, -0.05) is 91.0 Å². The zero-order chi connectivity index (χ0) is 51.7. The Hall–Kier alpha value is -11.4. The highest BCUT2D eigenvalue weighted by atomic mass is 15.0. The zero-order valence-corrected chi connectivity index (χ0v) is 40.9. The molecule has 9 heteroatoms. The van der Waals surface area contributed by atoms with Crippen LogP contribution in [0.15, 0.2) is 224 Å². The maximum atomic E-state index is 9.91. The van der Waals surface area contributed by atoms with Gasteiger partial charge < -0.3 is 13.7 Å². The highest BCUT2D eigenvalue weighted by Gasteiger charge is 2.20. The molecular formula is C68H37N9. The Bertz CT molecular complexity index is 4730. The van der Waals surface area contributed by atoms with E-state index >= 15 is 0 Å². The van der Waals surface area contributed by atoms with Crippen molar-refractivity contribution in [3.63, 3.8) is 0 Å². The van der Waals surface area contributed by atoms with Gasteiger partial charge in [0.1, 0.15) is 0 Å². The van der Waals surface area contributed by atoms with E-state index < -0.39 is 0 Å². The van der Waals surface area contributed by atoms with Crippen LogP contribution in [0, 0.1) is 40.6 Å². The smallest absolute Gasteiger partial charge is 0.188 e. The van der Waals surface area contributed by atoms with Crippen molar-refractivity contribution in [3.8, 4) is 80.3 Å². The van der Waals surface area contributed by atoms with Crippen LogP contribution in [0.5, 0.6) is 0 Å². The third-order valence-electron chi connectivity index (χ3n) is 14.8. The van der Waals surface area contributed by atoms with E-state index in [4.69, 9.17) is 16.5 Å². The molecule has 0 aliphatic carbocycles. The molecule has 354 valence electrons. The summed E-state index contributed by atoms with van der Waals surface area (Å²) >= 11 is 0. The fourth-order valence-electron chi connectivity index (χ4n) is 11.1. The van der Waals surface area contributed by atoms with E-state index in [0.717, 1.165) is 111 Å². The number of rotatable bonds is 7. The summed E-state index contributed by atoms with van der Waals surface area (Å²) in [7, 11) is 0. The van der Waals surface area contributed by atoms with Crippen molar-refractivity contribution in [2.75, 3.05) is 0 Å². The van der Waals surface area contributed by atoms with Gasteiger partial charge in [0.15, 0.2) is 11.5 Å². The molecule has 0 aliphatic heterocycles. The van der Waals surface area contributed by atoms with Crippen molar-refractivity contribution >= 4 is 71.1 Å². The number of hydrogen-bond donors (Lipinski definition) is 0. The Labute approximate surface area is 441 Å². The SMILES string of the molecule is [C-]#[N+]c1ccc2c(c1)c1cc(C#N)ccc1n2-c1ccc2c(c1)c1cc(-n3c4ccccc4c4ccccc43)ccc1n2-c1ccc(-c2ccc(-c3cc(-c4ccc(C#N)cc4)nc(-c4ccc(C#N)cc4)n3)cc2)cc1. The van der Waals surface area contributed by atoms with Gasteiger partial charge in [0.25, 0.3) is 0 Å². The summed E-state index contributed by atoms with van der Waals surface area (Å²) in [4.78, 5) is 13.7. The highest BCUT2D eigenvalue weighted by Crippen LogP contribution is 2.41. The quantitative estimate of drug-likeness (QED) is 0.147. The van der Waals surface area contributed by atoms with Crippen molar-refractivity contribution in [1.29, 1.82) is 15.8 Å². The predicted octanol–water partition coefficient (Wildman–Crippen LogP) is 16.6. The highest BCUT2D eigenvalue weighted by molar-refractivity contribution is 6.14. The van der Waals surface area contributed by atoms with Gasteiger partial charge in [-0.05, 0) is 150 Å². The van der Waals surface area contributed by atoms with Gasteiger partial charge in [0.2, 0.25) is 0 Å². The van der Waals surface area contributed by atoms with Gasteiger partial charge in [-0.25, -0.2) is 14.8 Å². The molecule has 14 rings (SSSR count). The second-order valence-corrected chi connectivity index (χ2v) is 19.1. The summed E-state index contributed by atoms with van der Waals surface area (Å²) in [6, 6.07) is 82.6. The largest absolute Gasteiger partial charge is 0.309 e. The number of hydrogen-bond acceptors (Lipinski definition) is 5. The Kier molecular flexibility index (Phi) is 10.2. The van der Waals surface area contributed by atoms with Crippen molar-refractivity contribution in [3.05, 3.63) is 253 Å². The van der Waals surface area contributed by atoms with Gasteiger partial charge in [-0.3, -0.25) is 0 Å². The Morgan fingerprint density at radius 2 is 0.701 bits per heavy atom. The van der Waals surface area contributed by atoms with E-state index in [0.29, 0.717) is 28.2 Å². The molecule has 0 aliphatic rings. The predicted molar refractivity (Wildman–Crippen MR) is 307 cm³/mol. The first-order valence-electron chi connectivity index (χ1n) is 25.0. The van der Waals surface area contributed by atoms with Crippen LogP contribution in [0.4, 0.5) is 5.69 Å². The molecule has 0 spiro atoms. The third-order valence-corrected chi connectivity index (χ3v) is 14.8. The average molecular weight is 980 g/mol. The van der Waals surface area contributed by atoms with Crippen molar-refractivity contribution in [2.24, 2.45) is 0 Å². The lowest BCUT2D eigenvalue weighted by molar-refractivity contribution is 1.16. The summed E-state index contributed by atoms with van der Waals surface area (Å²) in [6.45, 7) is 7.79. The second kappa shape index (κ2) is 17.7. The molecule has 9 nitrogen and oxygen atoms in total. The number of fused-ring (bicyclic) bond motifs is 9. The van der Waals surface area contributed by atoms with Crippen LogP contribution in [0.25, 0.3) is 132 Å². The van der Waals surface area contributed by atoms with Crippen LogP contribution < -0.4 is 0 Å². The lowest BCUT2D eigenvalue weighted by atomic mass is 10.0. The molecule has 10 aromatic carbocycles. The third kappa shape index (κ3) is 7.28. The van der Waals surface area contributed by atoms with Crippen molar-refractivity contribution in [2.45, 2.75) is 0 Å². The van der Waals surface area contributed by atoms with Gasteiger partial charge in [0.05, 0.1) is 86.0 Å². The molecule has 0 atom stereocenters. The molecule has 4 heterocycles. The first-order valence-corrected chi connectivity index (χ1v) is 25.0. The Morgan fingerprint density at radius 1 is 0.325 bits per heavy atom. The number of para-hydroxylation sites is 2. The minimum atomic E-state index is 0.535. The van der Waals surface area contributed by atoms with Gasteiger partial charge in [0, 0.05) is 60.7 Å². The zero-order valence-electron chi connectivity index (χ0n) is 40.9. The molecule has 0 radical (unpaired) electrons. The van der Waals surface area contributed by atoms with E-state index in [9.17, 15) is 15.8 Å². The van der Waals surface area contributed by atoms with Gasteiger partial charge >= 0.3 is 0 Å². The molecule has 0 fully saturated rings. The monoisotopic (exact) mass is 979 g/mol. The Balaban J connectivity index is 0.887. The molecule has 0 saturated heterocycles. The number of aromatic nitrogens is 5. The van der Waals surface area contributed by atoms with Crippen LogP contribution in [-0.2, 0) is 0 Å². The van der Waals surface area contributed by atoms with Gasteiger partial charge in [-0.15, -0.1) is 0 Å². The normalized spacial score (nSPS) is 11.3. The lowest BCUT2D eigenvalue weighted by Gasteiger charge is -2.12. The standard InChI is InChI=1S/C68H37N9/c1-72-50-25-31-65-57(35-50)56-34-44(41-71)14-30-64(56)77(65)53-29-33-67-59(37-53)58-36-52(76-62-8-4-2-6-54(62)55-7-3-5-9-63(55)76)28-32-66(58)75(67)51-26-23-46(24-27-51)45-19-21-48(22-20-45)61-38-60(47-15-10-42(39-69)11-16-47)73-68(74-61)49-17-12-43(40-70)13-18-49/h2-38H. The molecule has 4 aromatic heterocycles. The second-order valence-electron chi connectivity index (χ2n) is 19.1. The van der Waals surface area contributed by atoms with E-state index in [1.807, 2.05) is 66.7 Å². The van der Waals surface area contributed by atoms with Crippen LogP contribution in [0.3, 0.4) is 0 Å². The molecule has 77 heavy (non-hydrogen) atoms. The fourth-order valence-corrected chi connectivity index (χ4v) is 11.1. The lowest BCUT2D eigenvalue weighted by Crippen LogP contribution is -1.97. The van der Waals surface area contributed by atoms with E-state index in [-0.39, 0.29) is 0 Å². The van der Waals surface area contributed by atoms with Crippen LogP contribution >= 0.6 is 0 Å². The van der Waals surface area contributed by atoms with Crippen molar-refractivity contribution in [1.82, 2.24) is 23.7 Å². The van der Waals surface area contributed by atoms with Crippen molar-refractivity contribution < 1.29 is 0 Å². The molecule has 0 N–H and O–H groups in total. The van der Waals surface area contributed by atoms with Crippen LogP contribution in [-0.4, -0.2) is 23.7 Å². The molecule has 0 amide bonds. The first-order chi connectivity index (χ1) is 37.9. The summed E-state index contributed by atoms with van der Waals surface area (Å²) in [5.41, 5.74) is 17.7. The van der Waals surface area contributed by atoms with E-state index in [1.54, 1.807) is 24.3 Å². The number of benzene rings is 10. The summed E-state index contributed by atoms with van der Waals surface area (Å²) in [5, 5.41) is 35.2. The number of nitrogens with zero attached hydrogens (tertiary/aromatic N) is 9. The maximum Gasteiger partial charge on any atom is 0.188 e. The molecule has 0 unspecified atom stereocenters. The summed E-state index contributed by atoms with van der Waals surface area (Å²) < 4.78 is 6.95. The molecule has 0 saturated carbocycles. The van der Waals surface area contributed by atoms with E-state index in [1.165, 1.54) is 10.8 Å². The van der Waals surface area contributed by atoms with Gasteiger partial charge in [-0.2, -0.15) is 15.8 Å². The maximum absolute atomic E-state index is 9.91. The molecule has 14 aromatic rings. The van der Waals surface area contributed by atoms with Crippen LogP contribution in [0.1, 0.15) is 16.7 Å². The fraction of sp³-hybridized carbons (Fsp3) is 0. The van der Waals surface area contributed by atoms with E-state index in [2.05, 4.69) is 170 Å².